The topological polar surface area (TPSA) is 60.5 Å². The number of hydrogen-bond acceptors (Lipinski definition) is 5. The number of aryl methyl sites for hydroxylation is 1. The summed E-state index contributed by atoms with van der Waals surface area (Å²) in [6, 6.07) is 21.8. The number of hydrogen-bond donors (Lipinski definition) is 1. The van der Waals surface area contributed by atoms with E-state index in [0.717, 1.165) is 27.9 Å². The molecule has 0 saturated heterocycles. The van der Waals surface area contributed by atoms with Crippen molar-refractivity contribution in [3.63, 3.8) is 0 Å². The molecule has 33 heavy (non-hydrogen) atoms. The predicted molar refractivity (Wildman–Crippen MR) is 131 cm³/mol. The summed E-state index contributed by atoms with van der Waals surface area (Å²) in [4.78, 5) is 16.9. The summed E-state index contributed by atoms with van der Waals surface area (Å²) >= 11 is 1.64. The summed E-state index contributed by atoms with van der Waals surface area (Å²) in [5.41, 5.74) is 5.16. The number of carbonyl (C=O) groups is 1. The molecule has 4 rings (SSSR count). The lowest BCUT2D eigenvalue weighted by Gasteiger charge is -2.13. The van der Waals surface area contributed by atoms with Gasteiger partial charge in [-0.3, -0.25) is 9.78 Å². The Morgan fingerprint density at radius 2 is 1.85 bits per heavy atom. The first-order chi connectivity index (χ1) is 16.2. The molecule has 2 aromatic carbocycles. The van der Waals surface area contributed by atoms with Crippen molar-refractivity contribution in [2.75, 3.05) is 7.11 Å². The number of carbonyl (C=O) groups excluding carboxylic acids is 1. The van der Waals surface area contributed by atoms with E-state index in [2.05, 4.69) is 15.7 Å². The van der Waals surface area contributed by atoms with E-state index in [4.69, 9.17) is 9.47 Å². The zero-order valence-corrected chi connectivity index (χ0v) is 19.3. The normalized spacial score (nSPS) is 10.6. The highest BCUT2D eigenvalue weighted by molar-refractivity contribution is 7.08. The molecule has 1 amide bonds. The van der Waals surface area contributed by atoms with Gasteiger partial charge in [0.05, 0.1) is 12.8 Å². The second-order valence-corrected chi connectivity index (χ2v) is 8.38. The second kappa shape index (κ2) is 11.3. The van der Waals surface area contributed by atoms with Gasteiger partial charge in [-0.05, 0) is 58.8 Å². The van der Waals surface area contributed by atoms with Gasteiger partial charge in [0.25, 0.3) is 0 Å². The van der Waals surface area contributed by atoms with E-state index in [1.165, 1.54) is 0 Å². The third kappa shape index (κ3) is 6.43. The highest BCUT2D eigenvalue weighted by Crippen LogP contribution is 2.29. The number of pyridine rings is 1. The number of amides is 1. The summed E-state index contributed by atoms with van der Waals surface area (Å²) < 4.78 is 11.4. The number of benzene rings is 2. The molecule has 1 N–H and O–H groups in total. The lowest BCUT2D eigenvalue weighted by atomic mass is 10.1. The van der Waals surface area contributed by atoms with Gasteiger partial charge >= 0.3 is 0 Å². The van der Waals surface area contributed by atoms with Gasteiger partial charge in [-0.25, -0.2) is 0 Å². The molecule has 2 heterocycles. The summed E-state index contributed by atoms with van der Waals surface area (Å²) in [5.74, 6) is 1.36. The molecule has 168 valence electrons. The molecule has 0 saturated carbocycles. The summed E-state index contributed by atoms with van der Waals surface area (Å²) in [5, 5.41) is 7.10. The minimum atomic E-state index is 0.00599. The molecule has 0 bridgehead atoms. The lowest BCUT2D eigenvalue weighted by molar-refractivity contribution is -0.121. The van der Waals surface area contributed by atoms with E-state index < -0.39 is 0 Å². The molecule has 4 aromatic rings. The van der Waals surface area contributed by atoms with E-state index in [1.54, 1.807) is 24.6 Å². The Morgan fingerprint density at radius 1 is 0.970 bits per heavy atom. The fourth-order valence-electron chi connectivity index (χ4n) is 3.42. The van der Waals surface area contributed by atoms with Gasteiger partial charge in [0.1, 0.15) is 6.61 Å². The molecule has 0 unspecified atom stereocenters. The number of ether oxygens (including phenoxy) is 2. The summed E-state index contributed by atoms with van der Waals surface area (Å²) in [6.07, 6.45) is 2.80. The number of aromatic nitrogens is 1. The number of rotatable bonds is 10. The van der Waals surface area contributed by atoms with Gasteiger partial charge in [0, 0.05) is 30.1 Å². The zero-order chi connectivity index (χ0) is 22.9. The molecule has 2 aromatic heterocycles. The van der Waals surface area contributed by atoms with Crippen molar-refractivity contribution in [3.05, 3.63) is 100 Å². The third-order valence-electron chi connectivity index (χ3n) is 5.24. The highest BCUT2D eigenvalue weighted by Gasteiger charge is 2.09. The van der Waals surface area contributed by atoms with E-state index in [9.17, 15) is 4.79 Å². The third-order valence-corrected chi connectivity index (χ3v) is 5.92. The maximum absolute atomic E-state index is 12.4. The van der Waals surface area contributed by atoms with Crippen LogP contribution in [-0.4, -0.2) is 18.0 Å². The molecule has 0 aliphatic carbocycles. The standard InChI is InChI=1S/C27H26N2O3S/c1-31-25-9-7-20(16-26(25)32-18-21-5-3-2-4-6-21)8-10-27(30)29-17-22-11-13-28-24(15-22)23-12-14-33-19-23/h2-7,9,11-16,19H,8,10,17-18H2,1H3,(H,29,30). The smallest absolute Gasteiger partial charge is 0.220 e. The Balaban J connectivity index is 1.30. The van der Waals surface area contributed by atoms with Crippen molar-refractivity contribution in [3.8, 4) is 22.8 Å². The summed E-state index contributed by atoms with van der Waals surface area (Å²) in [6.45, 7) is 0.937. The van der Waals surface area contributed by atoms with Gasteiger partial charge in [0.15, 0.2) is 11.5 Å². The van der Waals surface area contributed by atoms with Crippen LogP contribution in [-0.2, 0) is 24.4 Å². The van der Waals surface area contributed by atoms with Crippen LogP contribution in [0, 0.1) is 0 Å². The number of methoxy groups -OCH3 is 1. The molecule has 0 radical (unpaired) electrons. The van der Waals surface area contributed by atoms with Crippen LogP contribution in [0.1, 0.15) is 23.1 Å². The molecule has 0 aliphatic heterocycles. The monoisotopic (exact) mass is 458 g/mol. The van der Waals surface area contributed by atoms with Crippen LogP contribution in [0.4, 0.5) is 0 Å². The summed E-state index contributed by atoms with van der Waals surface area (Å²) in [7, 11) is 1.63. The van der Waals surface area contributed by atoms with Crippen molar-refractivity contribution in [1.82, 2.24) is 10.3 Å². The Bertz CT molecular complexity index is 1180. The van der Waals surface area contributed by atoms with E-state index in [-0.39, 0.29) is 5.91 Å². The Hall–Kier alpha value is -3.64. The van der Waals surface area contributed by atoms with Crippen molar-refractivity contribution >= 4 is 17.2 Å². The molecule has 0 fully saturated rings. The van der Waals surface area contributed by atoms with Gasteiger partial charge in [-0.15, -0.1) is 0 Å². The van der Waals surface area contributed by atoms with Crippen molar-refractivity contribution in [2.24, 2.45) is 0 Å². The Kier molecular flexibility index (Phi) is 7.72. The van der Waals surface area contributed by atoms with Crippen LogP contribution in [0.15, 0.2) is 83.7 Å². The van der Waals surface area contributed by atoms with Crippen molar-refractivity contribution in [2.45, 2.75) is 26.0 Å². The first-order valence-corrected chi connectivity index (χ1v) is 11.7. The molecule has 6 heteroatoms. The maximum Gasteiger partial charge on any atom is 0.220 e. The fourth-order valence-corrected chi connectivity index (χ4v) is 4.07. The lowest BCUT2D eigenvalue weighted by Crippen LogP contribution is -2.23. The van der Waals surface area contributed by atoms with Gasteiger partial charge in [-0.1, -0.05) is 36.4 Å². The van der Waals surface area contributed by atoms with Crippen LogP contribution in [0.5, 0.6) is 11.5 Å². The number of thiophene rings is 1. The van der Waals surface area contributed by atoms with Gasteiger partial charge < -0.3 is 14.8 Å². The zero-order valence-electron chi connectivity index (χ0n) is 18.5. The molecular weight excluding hydrogens is 432 g/mol. The quantitative estimate of drug-likeness (QED) is 0.334. The maximum atomic E-state index is 12.4. The number of nitrogens with zero attached hydrogens (tertiary/aromatic N) is 1. The fraction of sp³-hybridized carbons (Fsp3) is 0.185. The molecule has 0 atom stereocenters. The Labute approximate surface area is 198 Å². The first kappa shape index (κ1) is 22.6. The number of nitrogens with one attached hydrogen (secondary N) is 1. The van der Waals surface area contributed by atoms with Crippen molar-refractivity contribution in [1.29, 1.82) is 0 Å². The van der Waals surface area contributed by atoms with Crippen LogP contribution in [0.3, 0.4) is 0 Å². The molecule has 0 aliphatic rings. The molecule has 0 spiro atoms. The average molecular weight is 459 g/mol. The minimum Gasteiger partial charge on any atom is -0.493 e. The van der Waals surface area contributed by atoms with E-state index in [1.807, 2.05) is 72.1 Å². The van der Waals surface area contributed by atoms with E-state index >= 15 is 0 Å². The van der Waals surface area contributed by atoms with E-state index in [0.29, 0.717) is 37.5 Å². The Morgan fingerprint density at radius 3 is 2.64 bits per heavy atom. The largest absolute Gasteiger partial charge is 0.493 e. The predicted octanol–water partition coefficient (Wildman–Crippen LogP) is 5.65. The second-order valence-electron chi connectivity index (χ2n) is 7.60. The average Bonchev–Trinajstić information content (AvgIpc) is 3.41. The minimum absolute atomic E-state index is 0.00599. The highest BCUT2D eigenvalue weighted by atomic mass is 32.1. The van der Waals surface area contributed by atoms with Crippen LogP contribution in [0.2, 0.25) is 0 Å². The van der Waals surface area contributed by atoms with Crippen LogP contribution < -0.4 is 14.8 Å². The molecular formula is C27H26N2O3S. The van der Waals surface area contributed by atoms with Gasteiger partial charge in [0.2, 0.25) is 5.91 Å². The first-order valence-electron chi connectivity index (χ1n) is 10.8. The van der Waals surface area contributed by atoms with Crippen LogP contribution in [0.25, 0.3) is 11.3 Å². The molecule has 5 nitrogen and oxygen atoms in total. The van der Waals surface area contributed by atoms with Crippen molar-refractivity contribution < 1.29 is 14.3 Å². The van der Waals surface area contributed by atoms with Crippen LogP contribution >= 0.6 is 11.3 Å². The van der Waals surface area contributed by atoms with Gasteiger partial charge in [-0.2, -0.15) is 11.3 Å². The SMILES string of the molecule is COc1ccc(CCC(=O)NCc2ccnc(-c3ccsc3)c2)cc1OCc1ccccc1.